The Kier molecular flexibility index (Phi) is 5.25. The third kappa shape index (κ3) is 3.24. The fourth-order valence-electron chi connectivity index (χ4n) is 2.36. The molecule has 1 aliphatic rings. The highest BCUT2D eigenvalue weighted by Crippen LogP contribution is 2.35. The van der Waals surface area contributed by atoms with Crippen molar-refractivity contribution < 1.29 is 14.3 Å². The summed E-state index contributed by atoms with van der Waals surface area (Å²) >= 11 is 3.38. The van der Waals surface area contributed by atoms with Crippen LogP contribution in [0, 0.1) is 0 Å². The second-order valence-electron chi connectivity index (χ2n) is 4.66. The van der Waals surface area contributed by atoms with Gasteiger partial charge in [0.15, 0.2) is 0 Å². The molecule has 2 rings (SSSR count). The largest absolute Gasteiger partial charge is 0.496 e. The zero-order valence-corrected chi connectivity index (χ0v) is 13.2. The number of carbonyl (C=O) groups is 1. The lowest BCUT2D eigenvalue weighted by molar-refractivity contribution is 0.0944. The second kappa shape index (κ2) is 6.95. The van der Waals surface area contributed by atoms with Crippen molar-refractivity contribution in [3.05, 3.63) is 22.2 Å². The fraction of sp³-hybridized carbons (Fsp3) is 0.500. The molecule has 1 aromatic carbocycles. The van der Waals surface area contributed by atoms with Crippen LogP contribution in [-0.2, 0) is 0 Å². The van der Waals surface area contributed by atoms with Gasteiger partial charge in [0.1, 0.15) is 17.1 Å². The van der Waals surface area contributed by atoms with Gasteiger partial charge in [0.2, 0.25) is 0 Å². The standard InChI is InChI=1S/C14H19BrN2O3/c1-19-11-6-5-10(15)13(20-2)12(11)14(18)17-8-9-4-3-7-16-9/h5-6,9,16H,3-4,7-8H2,1-2H3,(H,17,18)/t9-/m0/s1. The van der Waals surface area contributed by atoms with Crippen molar-refractivity contribution in [1.29, 1.82) is 0 Å². The topological polar surface area (TPSA) is 59.6 Å². The molecule has 0 aliphatic carbocycles. The Morgan fingerprint density at radius 1 is 1.45 bits per heavy atom. The van der Waals surface area contributed by atoms with Gasteiger partial charge in [-0.25, -0.2) is 0 Å². The van der Waals surface area contributed by atoms with Gasteiger partial charge in [0, 0.05) is 12.6 Å². The molecule has 0 unspecified atom stereocenters. The summed E-state index contributed by atoms with van der Waals surface area (Å²) in [5, 5.41) is 6.28. The van der Waals surface area contributed by atoms with Crippen LogP contribution < -0.4 is 20.1 Å². The molecule has 6 heteroatoms. The van der Waals surface area contributed by atoms with Gasteiger partial charge < -0.3 is 20.1 Å². The number of halogens is 1. The Bertz CT molecular complexity index is 488. The molecule has 1 fully saturated rings. The zero-order chi connectivity index (χ0) is 14.5. The molecule has 1 aliphatic heterocycles. The van der Waals surface area contributed by atoms with Crippen molar-refractivity contribution in [2.45, 2.75) is 18.9 Å². The highest BCUT2D eigenvalue weighted by molar-refractivity contribution is 9.10. The average molecular weight is 343 g/mol. The van der Waals surface area contributed by atoms with Crippen molar-refractivity contribution in [2.75, 3.05) is 27.3 Å². The van der Waals surface area contributed by atoms with E-state index in [1.165, 1.54) is 14.2 Å². The van der Waals surface area contributed by atoms with E-state index in [-0.39, 0.29) is 5.91 Å². The second-order valence-corrected chi connectivity index (χ2v) is 5.52. The SMILES string of the molecule is COc1ccc(Br)c(OC)c1C(=O)NC[C@@H]1CCCN1. The number of hydrogen-bond acceptors (Lipinski definition) is 4. The van der Waals surface area contributed by atoms with E-state index in [9.17, 15) is 4.79 Å². The Hall–Kier alpha value is -1.27. The molecular formula is C14H19BrN2O3. The minimum atomic E-state index is -0.186. The molecule has 1 saturated heterocycles. The molecular weight excluding hydrogens is 324 g/mol. The highest BCUT2D eigenvalue weighted by Gasteiger charge is 2.22. The third-order valence-electron chi connectivity index (χ3n) is 3.39. The smallest absolute Gasteiger partial charge is 0.258 e. The predicted molar refractivity (Wildman–Crippen MR) is 80.6 cm³/mol. The predicted octanol–water partition coefficient (Wildman–Crippen LogP) is 1.95. The van der Waals surface area contributed by atoms with Gasteiger partial charge in [-0.05, 0) is 47.4 Å². The summed E-state index contributed by atoms with van der Waals surface area (Å²) in [6.07, 6.45) is 2.25. The maximum absolute atomic E-state index is 12.4. The number of methoxy groups -OCH3 is 2. The van der Waals surface area contributed by atoms with Crippen LogP contribution in [0.25, 0.3) is 0 Å². The summed E-state index contributed by atoms with van der Waals surface area (Å²) in [6, 6.07) is 3.89. The molecule has 0 bridgehead atoms. The van der Waals surface area contributed by atoms with Crippen LogP contribution in [0.2, 0.25) is 0 Å². The number of ether oxygens (including phenoxy) is 2. The van der Waals surface area contributed by atoms with Crippen molar-refractivity contribution in [3.63, 3.8) is 0 Å². The maximum Gasteiger partial charge on any atom is 0.258 e. The van der Waals surface area contributed by atoms with Crippen LogP contribution in [0.5, 0.6) is 11.5 Å². The van der Waals surface area contributed by atoms with Crippen LogP contribution in [0.3, 0.4) is 0 Å². The van der Waals surface area contributed by atoms with E-state index in [0.717, 1.165) is 23.9 Å². The molecule has 20 heavy (non-hydrogen) atoms. The zero-order valence-electron chi connectivity index (χ0n) is 11.7. The van der Waals surface area contributed by atoms with E-state index in [1.54, 1.807) is 12.1 Å². The molecule has 2 N–H and O–H groups in total. The summed E-state index contributed by atoms with van der Waals surface area (Å²) in [6.45, 7) is 1.63. The van der Waals surface area contributed by atoms with E-state index < -0.39 is 0 Å². The highest BCUT2D eigenvalue weighted by atomic mass is 79.9. The molecule has 1 amide bonds. The molecule has 1 aromatic rings. The Labute approximate surface area is 127 Å². The Morgan fingerprint density at radius 2 is 2.25 bits per heavy atom. The first-order valence-corrected chi connectivity index (χ1v) is 7.38. The van der Waals surface area contributed by atoms with Gasteiger partial charge in [-0.15, -0.1) is 0 Å². The number of rotatable bonds is 5. The number of amides is 1. The molecule has 0 radical (unpaired) electrons. The summed E-state index contributed by atoms with van der Waals surface area (Å²) in [7, 11) is 3.08. The average Bonchev–Trinajstić information content (AvgIpc) is 2.97. The molecule has 1 heterocycles. The van der Waals surface area contributed by atoms with Gasteiger partial charge in [-0.3, -0.25) is 4.79 Å². The van der Waals surface area contributed by atoms with E-state index >= 15 is 0 Å². The van der Waals surface area contributed by atoms with Crippen molar-refractivity contribution >= 4 is 21.8 Å². The quantitative estimate of drug-likeness (QED) is 0.858. The molecule has 0 spiro atoms. The Morgan fingerprint density at radius 3 is 2.85 bits per heavy atom. The first-order chi connectivity index (χ1) is 9.67. The monoisotopic (exact) mass is 342 g/mol. The van der Waals surface area contributed by atoms with Gasteiger partial charge in [0.25, 0.3) is 5.91 Å². The van der Waals surface area contributed by atoms with E-state index in [2.05, 4.69) is 26.6 Å². The molecule has 0 saturated carbocycles. The van der Waals surface area contributed by atoms with Gasteiger partial charge in [0.05, 0.1) is 18.7 Å². The molecule has 1 atom stereocenters. The van der Waals surface area contributed by atoms with Crippen LogP contribution in [0.1, 0.15) is 23.2 Å². The van der Waals surface area contributed by atoms with Gasteiger partial charge in [-0.1, -0.05) is 0 Å². The van der Waals surface area contributed by atoms with Gasteiger partial charge >= 0.3 is 0 Å². The number of nitrogens with one attached hydrogen (secondary N) is 2. The summed E-state index contributed by atoms with van der Waals surface area (Å²) in [5.74, 6) is 0.803. The number of benzene rings is 1. The molecule has 110 valence electrons. The van der Waals surface area contributed by atoms with Crippen LogP contribution in [-0.4, -0.2) is 39.3 Å². The van der Waals surface area contributed by atoms with Crippen molar-refractivity contribution in [1.82, 2.24) is 10.6 Å². The van der Waals surface area contributed by atoms with E-state index in [4.69, 9.17) is 9.47 Å². The summed E-state index contributed by atoms with van der Waals surface area (Å²) in [5.41, 5.74) is 0.419. The number of carbonyl (C=O) groups excluding carboxylic acids is 1. The fourth-order valence-corrected chi connectivity index (χ4v) is 2.85. The minimum Gasteiger partial charge on any atom is -0.496 e. The minimum absolute atomic E-state index is 0.186. The molecule has 5 nitrogen and oxygen atoms in total. The summed E-state index contributed by atoms with van der Waals surface area (Å²) in [4.78, 5) is 12.4. The first-order valence-electron chi connectivity index (χ1n) is 6.59. The lowest BCUT2D eigenvalue weighted by Crippen LogP contribution is -2.37. The maximum atomic E-state index is 12.4. The van der Waals surface area contributed by atoms with Crippen LogP contribution in [0.15, 0.2) is 16.6 Å². The summed E-state index contributed by atoms with van der Waals surface area (Å²) < 4.78 is 11.3. The van der Waals surface area contributed by atoms with Crippen LogP contribution >= 0.6 is 15.9 Å². The normalized spacial score (nSPS) is 17.9. The first kappa shape index (κ1) is 15.1. The number of hydrogen-bond donors (Lipinski definition) is 2. The van der Waals surface area contributed by atoms with Crippen molar-refractivity contribution in [2.24, 2.45) is 0 Å². The van der Waals surface area contributed by atoms with E-state index in [0.29, 0.717) is 29.6 Å². The van der Waals surface area contributed by atoms with Gasteiger partial charge in [-0.2, -0.15) is 0 Å². The third-order valence-corrected chi connectivity index (χ3v) is 4.02. The Balaban J connectivity index is 2.16. The van der Waals surface area contributed by atoms with E-state index in [1.807, 2.05) is 0 Å². The van der Waals surface area contributed by atoms with Crippen molar-refractivity contribution in [3.8, 4) is 11.5 Å². The van der Waals surface area contributed by atoms with Crippen LogP contribution in [0.4, 0.5) is 0 Å². The lowest BCUT2D eigenvalue weighted by atomic mass is 10.1. The lowest BCUT2D eigenvalue weighted by Gasteiger charge is -2.16. The molecule has 0 aromatic heterocycles.